The van der Waals surface area contributed by atoms with E-state index in [1.165, 1.54) is 12.1 Å². The van der Waals surface area contributed by atoms with Crippen molar-refractivity contribution in [1.82, 2.24) is 4.98 Å². The fourth-order valence-electron chi connectivity index (χ4n) is 2.70. The molecule has 2 aliphatic rings. The lowest BCUT2D eigenvalue weighted by molar-refractivity contribution is 0.0696. The first kappa shape index (κ1) is 16.9. The predicted octanol–water partition coefficient (Wildman–Crippen LogP) is 4.03. The molecule has 0 radical (unpaired) electrons. The van der Waals surface area contributed by atoms with Gasteiger partial charge in [-0.1, -0.05) is 12.1 Å². The first-order valence-corrected chi connectivity index (χ1v) is 8.77. The molecule has 7 heteroatoms. The van der Waals surface area contributed by atoms with Crippen LogP contribution in [0.5, 0.6) is 0 Å². The van der Waals surface area contributed by atoms with E-state index in [4.69, 9.17) is 0 Å². The summed E-state index contributed by atoms with van der Waals surface area (Å²) >= 11 is 1.58. The predicted molar refractivity (Wildman–Crippen MR) is 102 cm³/mol. The molecule has 2 aromatic rings. The molecule has 6 nitrogen and oxygen atoms in total. The van der Waals surface area contributed by atoms with Crippen LogP contribution >= 0.6 is 11.3 Å². The summed E-state index contributed by atoms with van der Waals surface area (Å²) in [5, 5.41) is 19.0. The number of aromatic carboxylic acids is 2. The number of aromatic nitrogens is 1. The summed E-state index contributed by atoms with van der Waals surface area (Å²) in [5.74, 6) is -2.41. The Labute approximate surface area is 157 Å². The topological polar surface area (TPSA) is 99.9 Å². The minimum atomic E-state index is -1.20. The van der Waals surface area contributed by atoms with Crippen molar-refractivity contribution in [2.24, 2.45) is 4.99 Å². The summed E-state index contributed by atoms with van der Waals surface area (Å²) in [4.78, 5) is 32.4. The molecule has 1 heterocycles. The maximum absolute atomic E-state index is 11.2. The minimum Gasteiger partial charge on any atom is -0.478 e. The molecule has 2 aromatic carbocycles. The van der Waals surface area contributed by atoms with E-state index in [0.29, 0.717) is 5.36 Å². The SMILES string of the molecule is O=C(O)c1cc(/N=c2/ccc3nc4ccccc4sc-3c2)cc(C(=O)O)c1. The monoisotopic (exact) mass is 376 g/mol. The van der Waals surface area contributed by atoms with Gasteiger partial charge in [0, 0.05) is 0 Å². The normalized spacial score (nSPS) is 11.8. The quantitative estimate of drug-likeness (QED) is 0.526. The fraction of sp³-hybridized carbons (Fsp3) is 0. The van der Waals surface area contributed by atoms with Crippen molar-refractivity contribution in [2.75, 3.05) is 0 Å². The van der Waals surface area contributed by atoms with Crippen LogP contribution in [0.3, 0.4) is 0 Å². The zero-order valence-corrected chi connectivity index (χ0v) is 14.6. The Hall–Kier alpha value is -3.58. The lowest BCUT2D eigenvalue weighted by Gasteiger charge is -2.06. The van der Waals surface area contributed by atoms with E-state index in [9.17, 15) is 19.8 Å². The standard InChI is InChI=1S/C20H12N2O4S/c23-19(24)11-7-12(20(25)26)9-14(8-11)21-13-5-6-16-18(10-13)27-17-4-2-1-3-15(17)22-16/h1-10H,(H,23,24)(H,25,26)/b21-13-. The summed E-state index contributed by atoms with van der Waals surface area (Å²) in [6.45, 7) is 0. The average molecular weight is 376 g/mol. The highest BCUT2D eigenvalue weighted by Crippen LogP contribution is 2.29. The number of para-hydroxylation sites is 1. The van der Waals surface area contributed by atoms with Gasteiger partial charge in [-0.2, -0.15) is 0 Å². The summed E-state index contributed by atoms with van der Waals surface area (Å²) in [6, 6.07) is 17.1. The maximum Gasteiger partial charge on any atom is 0.335 e. The molecule has 0 atom stereocenters. The number of carboxylic acids is 2. The van der Waals surface area contributed by atoms with Crippen LogP contribution < -0.4 is 5.36 Å². The molecule has 2 N–H and O–H groups in total. The summed E-state index contributed by atoms with van der Waals surface area (Å²) in [7, 11) is 0. The maximum atomic E-state index is 11.2. The number of nitrogens with zero attached hydrogens (tertiary/aromatic N) is 2. The van der Waals surface area contributed by atoms with Crippen molar-refractivity contribution in [3.63, 3.8) is 0 Å². The van der Waals surface area contributed by atoms with Gasteiger partial charge in [-0.05, 0) is 48.5 Å². The first-order valence-electron chi connectivity index (χ1n) is 7.96. The highest BCUT2D eigenvalue weighted by atomic mass is 32.1. The van der Waals surface area contributed by atoms with Crippen LogP contribution in [-0.2, 0) is 0 Å². The number of hydrogen-bond donors (Lipinski definition) is 2. The van der Waals surface area contributed by atoms with Crippen molar-refractivity contribution >= 4 is 39.2 Å². The van der Waals surface area contributed by atoms with E-state index in [2.05, 4.69) is 9.98 Å². The van der Waals surface area contributed by atoms with Crippen LogP contribution in [0.4, 0.5) is 5.69 Å². The number of benzene rings is 3. The molecule has 1 aliphatic carbocycles. The van der Waals surface area contributed by atoms with Gasteiger partial charge in [-0.15, -0.1) is 11.3 Å². The Bertz CT molecular complexity index is 1210. The molecular weight excluding hydrogens is 364 g/mol. The van der Waals surface area contributed by atoms with E-state index in [0.717, 1.165) is 26.9 Å². The van der Waals surface area contributed by atoms with E-state index in [1.54, 1.807) is 17.4 Å². The molecule has 0 saturated carbocycles. The Morgan fingerprint density at radius 2 is 1.59 bits per heavy atom. The van der Waals surface area contributed by atoms with E-state index in [-0.39, 0.29) is 16.8 Å². The Morgan fingerprint density at radius 1 is 0.889 bits per heavy atom. The van der Waals surface area contributed by atoms with E-state index < -0.39 is 11.9 Å². The van der Waals surface area contributed by atoms with Gasteiger partial charge in [0.1, 0.15) is 0 Å². The zero-order chi connectivity index (χ0) is 19.0. The number of fused-ring (bicyclic) bond motifs is 2. The first-order chi connectivity index (χ1) is 13.0. The number of hydrogen-bond acceptors (Lipinski definition) is 5. The van der Waals surface area contributed by atoms with E-state index in [1.807, 2.05) is 36.4 Å². The third-order valence-electron chi connectivity index (χ3n) is 3.94. The van der Waals surface area contributed by atoms with E-state index >= 15 is 0 Å². The van der Waals surface area contributed by atoms with Gasteiger partial charge in [0.25, 0.3) is 0 Å². The van der Waals surface area contributed by atoms with Crippen LogP contribution in [0.1, 0.15) is 20.7 Å². The molecule has 0 bridgehead atoms. The minimum absolute atomic E-state index is 0.120. The second kappa shape index (κ2) is 6.62. The number of rotatable bonds is 3. The Balaban J connectivity index is 1.88. The van der Waals surface area contributed by atoms with Gasteiger partial charge in [-0.25, -0.2) is 19.6 Å². The van der Waals surface area contributed by atoms with Gasteiger partial charge >= 0.3 is 11.9 Å². The smallest absolute Gasteiger partial charge is 0.335 e. The molecular formula is C20H12N2O4S. The fourth-order valence-corrected chi connectivity index (χ4v) is 3.70. The molecule has 0 fully saturated rings. The Kier molecular flexibility index (Phi) is 4.13. The second-order valence-corrected chi connectivity index (χ2v) is 6.91. The van der Waals surface area contributed by atoms with Crippen molar-refractivity contribution < 1.29 is 19.8 Å². The lowest BCUT2D eigenvalue weighted by atomic mass is 10.1. The highest BCUT2D eigenvalue weighted by molar-refractivity contribution is 7.21. The lowest BCUT2D eigenvalue weighted by Crippen LogP contribution is -2.04. The summed E-state index contributed by atoms with van der Waals surface area (Å²) in [5.41, 5.74) is 1.78. The van der Waals surface area contributed by atoms with Crippen molar-refractivity contribution in [3.8, 4) is 10.6 Å². The number of carbonyl (C=O) groups is 2. The van der Waals surface area contributed by atoms with Crippen molar-refractivity contribution in [1.29, 1.82) is 0 Å². The van der Waals surface area contributed by atoms with Crippen LogP contribution in [0.2, 0.25) is 0 Å². The molecule has 0 aromatic heterocycles. The molecule has 132 valence electrons. The Morgan fingerprint density at radius 3 is 2.30 bits per heavy atom. The van der Waals surface area contributed by atoms with Crippen LogP contribution in [-0.4, -0.2) is 27.1 Å². The zero-order valence-electron chi connectivity index (χ0n) is 13.8. The molecule has 0 unspecified atom stereocenters. The molecule has 0 amide bonds. The molecule has 1 aliphatic heterocycles. The van der Waals surface area contributed by atoms with Gasteiger partial charge in [-0.3, -0.25) is 0 Å². The summed E-state index contributed by atoms with van der Waals surface area (Å²) < 4.78 is 1.04. The third kappa shape index (κ3) is 3.40. The van der Waals surface area contributed by atoms with Crippen LogP contribution in [0.15, 0.2) is 65.7 Å². The summed E-state index contributed by atoms with van der Waals surface area (Å²) in [6.07, 6.45) is 0. The average Bonchev–Trinajstić information content (AvgIpc) is 2.66. The molecule has 27 heavy (non-hydrogen) atoms. The van der Waals surface area contributed by atoms with Crippen molar-refractivity contribution in [2.45, 2.75) is 0 Å². The molecule has 0 spiro atoms. The highest BCUT2D eigenvalue weighted by Gasteiger charge is 2.11. The molecule has 0 saturated heterocycles. The largest absolute Gasteiger partial charge is 0.478 e. The van der Waals surface area contributed by atoms with Crippen LogP contribution in [0, 0.1) is 0 Å². The molecule has 4 rings (SSSR count). The van der Waals surface area contributed by atoms with Crippen molar-refractivity contribution in [3.05, 3.63) is 77.1 Å². The van der Waals surface area contributed by atoms with Gasteiger partial charge in [0.2, 0.25) is 0 Å². The van der Waals surface area contributed by atoms with Gasteiger partial charge in [0.15, 0.2) is 0 Å². The van der Waals surface area contributed by atoms with Gasteiger partial charge < -0.3 is 10.2 Å². The number of carboxylic acid groups (broad SMARTS) is 2. The second-order valence-electron chi connectivity index (χ2n) is 5.82. The van der Waals surface area contributed by atoms with Crippen LogP contribution in [0.25, 0.3) is 20.8 Å². The van der Waals surface area contributed by atoms with Gasteiger partial charge in [0.05, 0.1) is 43.0 Å². The third-order valence-corrected chi connectivity index (χ3v) is 5.05.